The second kappa shape index (κ2) is 9.04. The van der Waals surface area contributed by atoms with Gasteiger partial charge in [0, 0.05) is 28.8 Å². The van der Waals surface area contributed by atoms with Crippen molar-refractivity contribution in [2.24, 2.45) is 0 Å². The normalized spacial score (nSPS) is 10.8. The molecule has 0 unspecified atom stereocenters. The zero-order chi connectivity index (χ0) is 21.8. The number of hydrogen-bond acceptors (Lipinski definition) is 8. The number of esters is 1. The number of nitrogens with zero attached hydrogens (tertiary/aromatic N) is 4. The van der Waals surface area contributed by atoms with Gasteiger partial charge in [0.25, 0.3) is 5.78 Å². The molecule has 3 rings (SSSR count). The lowest BCUT2D eigenvalue weighted by Gasteiger charge is -2.10. The van der Waals surface area contributed by atoms with Crippen LogP contribution >= 0.6 is 11.8 Å². The number of Topliss-reactive ketones (excluding diaryl/α,β-unsaturated/α-hetero) is 1. The van der Waals surface area contributed by atoms with Gasteiger partial charge in [-0.15, -0.1) is 16.9 Å². The first-order chi connectivity index (χ1) is 14.3. The fraction of sp³-hybridized carbons (Fsp3) is 0.300. The molecule has 156 valence electrons. The van der Waals surface area contributed by atoms with Gasteiger partial charge in [-0.1, -0.05) is 6.07 Å². The van der Waals surface area contributed by atoms with Crippen LogP contribution in [0.5, 0.6) is 0 Å². The van der Waals surface area contributed by atoms with Crippen LogP contribution in [0, 0.1) is 13.8 Å². The average molecular weight is 427 g/mol. The van der Waals surface area contributed by atoms with E-state index in [1.807, 2.05) is 26.2 Å². The quantitative estimate of drug-likeness (QED) is 0.347. The van der Waals surface area contributed by atoms with Crippen LogP contribution in [-0.4, -0.2) is 50.1 Å². The number of thioether (sulfide) groups is 1. The number of ether oxygens (including phenoxy) is 1. The van der Waals surface area contributed by atoms with Gasteiger partial charge in [-0.05, 0) is 38.3 Å². The number of aromatic nitrogens is 4. The number of nitrogens with one attached hydrogen (secondary N) is 1. The molecule has 30 heavy (non-hydrogen) atoms. The van der Waals surface area contributed by atoms with Crippen molar-refractivity contribution in [3.05, 3.63) is 47.0 Å². The molecule has 0 bridgehead atoms. The molecule has 0 radical (unpaired) electrons. The highest BCUT2D eigenvalue weighted by Crippen LogP contribution is 2.26. The molecular weight excluding hydrogens is 406 g/mol. The van der Waals surface area contributed by atoms with Crippen molar-refractivity contribution in [1.82, 2.24) is 19.6 Å². The summed E-state index contributed by atoms with van der Waals surface area (Å²) in [5.41, 5.74) is 2.53. The van der Waals surface area contributed by atoms with E-state index in [-0.39, 0.29) is 23.9 Å². The second-order valence-corrected chi connectivity index (χ2v) is 7.48. The van der Waals surface area contributed by atoms with Crippen LogP contribution in [0.2, 0.25) is 0 Å². The topological polar surface area (TPSA) is 116 Å². The molecule has 0 saturated heterocycles. The molecule has 0 aliphatic heterocycles. The van der Waals surface area contributed by atoms with Crippen molar-refractivity contribution in [2.45, 2.75) is 32.1 Å². The molecule has 2 aromatic heterocycles. The van der Waals surface area contributed by atoms with Crippen molar-refractivity contribution >= 4 is 40.9 Å². The third-order valence-electron chi connectivity index (χ3n) is 4.16. The van der Waals surface area contributed by atoms with E-state index in [0.29, 0.717) is 17.0 Å². The highest BCUT2D eigenvalue weighted by atomic mass is 32.2. The van der Waals surface area contributed by atoms with E-state index in [1.165, 1.54) is 18.7 Å². The summed E-state index contributed by atoms with van der Waals surface area (Å²) in [6, 6.07) is 6.81. The lowest BCUT2D eigenvalue weighted by Crippen LogP contribution is -2.17. The molecule has 0 spiro atoms. The van der Waals surface area contributed by atoms with Gasteiger partial charge in [-0.2, -0.15) is 4.98 Å². The summed E-state index contributed by atoms with van der Waals surface area (Å²) in [6.45, 7) is 4.70. The van der Waals surface area contributed by atoms with Gasteiger partial charge in [0.15, 0.2) is 18.2 Å². The molecule has 9 nitrogen and oxygen atoms in total. The number of amides is 1. The average Bonchev–Trinajstić information content (AvgIpc) is 3.08. The van der Waals surface area contributed by atoms with Gasteiger partial charge < -0.3 is 10.1 Å². The minimum absolute atomic E-state index is 0.169. The van der Waals surface area contributed by atoms with Crippen LogP contribution in [0.4, 0.5) is 5.69 Å². The summed E-state index contributed by atoms with van der Waals surface area (Å²) in [5.74, 6) is -0.548. The molecule has 3 aromatic rings. The predicted molar refractivity (Wildman–Crippen MR) is 112 cm³/mol. The van der Waals surface area contributed by atoms with Gasteiger partial charge in [-0.25, -0.2) is 9.50 Å². The maximum atomic E-state index is 12.4. The highest BCUT2D eigenvalue weighted by Gasteiger charge is 2.16. The Bertz CT molecular complexity index is 1140. The zero-order valence-electron chi connectivity index (χ0n) is 17.1. The largest absolute Gasteiger partial charge is 0.457 e. The first-order valence-electron chi connectivity index (χ1n) is 9.11. The first-order valence-corrected chi connectivity index (χ1v) is 10.3. The number of aryl methyl sites for hydroxylation is 2. The van der Waals surface area contributed by atoms with Crippen LogP contribution in [0.3, 0.4) is 0 Å². The Balaban J connectivity index is 1.64. The third-order valence-corrected chi connectivity index (χ3v) is 4.96. The Morgan fingerprint density at radius 3 is 2.63 bits per heavy atom. The first kappa shape index (κ1) is 21.4. The van der Waals surface area contributed by atoms with E-state index in [1.54, 1.807) is 22.7 Å². The summed E-state index contributed by atoms with van der Waals surface area (Å²) in [7, 11) is 0. The Labute approximate surface area is 177 Å². The van der Waals surface area contributed by atoms with Crippen molar-refractivity contribution in [2.75, 3.05) is 18.2 Å². The summed E-state index contributed by atoms with van der Waals surface area (Å²) in [5, 5.41) is 6.95. The number of carbonyl (C=O) groups excluding carboxylic acids is 3. The molecule has 0 fully saturated rings. The minimum atomic E-state index is -0.614. The number of carbonyl (C=O) groups is 3. The molecule has 0 saturated carbocycles. The number of benzene rings is 1. The summed E-state index contributed by atoms with van der Waals surface area (Å²) in [4.78, 5) is 45.3. The Hall–Kier alpha value is -3.27. The molecule has 0 atom stereocenters. The van der Waals surface area contributed by atoms with E-state index in [4.69, 9.17) is 4.74 Å². The van der Waals surface area contributed by atoms with E-state index in [2.05, 4.69) is 20.4 Å². The summed E-state index contributed by atoms with van der Waals surface area (Å²) >= 11 is 1.45. The van der Waals surface area contributed by atoms with Crippen LogP contribution in [-0.2, 0) is 20.7 Å². The van der Waals surface area contributed by atoms with Gasteiger partial charge in [0.05, 0.1) is 5.69 Å². The standard InChI is InChI=1S/C20H21N5O4S/c1-11-7-12(2)25-20(21-11)23-18(24-25)9-19(28)29-10-16(27)14-5-6-17(30-4)15(8-14)22-13(3)26/h5-8H,9-10H2,1-4H3,(H,22,26). The lowest BCUT2D eigenvalue weighted by molar-refractivity contribution is -0.141. The highest BCUT2D eigenvalue weighted by molar-refractivity contribution is 7.98. The van der Waals surface area contributed by atoms with Gasteiger partial charge in [0.1, 0.15) is 6.42 Å². The van der Waals surface area contributed by atoms with Crippen LogP contribution in [0.1, 0.15) is 34.5 Å². The molecule has 0 aliphatic carbocycles. The predicted octanol–water partition coefficient (Wildman–Crippen LogP) is 2.39. The third kappa shape index (κ3) is 5.01. The van der Waals surface area contributed by atoms with Crippen molar-refractivity contribution in [3.8, 4) is 0 Å². The van der Waals surface area contributed by atoms with E-state index < -0.39 is 12.6 Å². The molecule has 1 amide bonds. The SMILES string of the molecule is CSc1ccc(C(=O)COC(=O)Cc2nc3nc(C)cc(C)n3n2)cc1NC(C)=O. The number of anilines is 1. The van der Waals surface area contributed by atoms with Crippen LogP contribution < -0.4 is 5.32 Å². The molecule has 0 aliphatic rings. The smallest absolute Gasteiger partial charge is 0.314 e. The molecule has 1 N–H and O–H groups in total. The van der Waals surface area contributed by atoms with E-state index in [9.17, 15) is 14.4 Å². The monoisotopic (exact) mass is 427 g/mol. The van der Waals surface area contributed by atoms with E-state index in [0.717, 1.165) is 16.3 Å². The molecule has 10 heteroatoms. The Kier molecular flexibility index (Phi) is 6.46. The van der Waals surface area contributed by atoms with Crippen LogP contribution in [0.15, 0.2) is 29.2 Å². The fourth-order valence-electron chi connectivity index (χ4n) is 2.86. The van der Waals surface area contributed by atoms with Gasteiger partial charge in [0.2, 0.25) is 5.91 Å². The van der Waals surface area contributed by atoms with Crippen molar-refractivity contribution < 1.29 is 19.1 Å². The minimum Gasteiger partial charge on any atom is -0.457 e. The number of ketones is 1. The number of rotatable bonds is 7. The summed E-state index contributed by atoms with van der Waals surface area (Å²) in [6.07, 6.45) is 1.70. The number of hydrogen-bond donors (Lipinski definition) is 1. The lowest BCUT2D eigenvalue weighted by atomic mass is 10.1. The molecule has 2 heterocycles. The number of fused-ring (bicyclic) bond motifs is 1. The molecule has 1 aromatic carbocycles. The summed E-state index contributed by atoms with van der Waals surface area (Å²) < 4.78 is 6.65. The maximum Gasteiger partial charge on any atom is 0.314 e. The maximum absolute atomic E-state index is 12.4. The van der Waals surface area contributed by atoms with Crippen molar-refractivity contribution in [3.63, 3.8) is 0 Å². The van der Waals surface area contributed by atoms with Crippen molar-refractivity contribution in [1.29, 1.82) is 0 Å². The Morgan fingerprint density at radius 2 is 1.93 bits per heavy atom. The van der Waals surface area contributed by atoms with Gasteiger partial charge >= 0.3 is 5.97 Å². The van der Waals surface area contributed by atoms with Crippen LogP contribution in [0.25, 0.3) is 5.78 Å². The zero-order valence-corrected chi connectivity index (χ0v) is 17.9. The van der Waals surface area contributed by atoms with Gasteiger partial charge in [-0.3, -0.25) is 14.4 Å². The molecular formula is C20H21N5O4S. The fourth-order valence-corrected chi connectivity index (χ4v) is 3.39. The van der Waals surface area contributed by atoms with E-state index >= 15 is 0 Å². The Morgan fingerprint density at radius 1 is 1.17 bits per heavy atom. The second-order valence-electron chi connectivity index (χ2n) is 6.64.